The minimum atomic E-state index is -3.69. The van der Waals surface area contributed by atoms with Gasteiger partial charge in [0.15, 0.2) is 0 Å². The number of benzene rings is 1. The molecule has 1 aromatic heterocycles. The lowest BCUT2D eigenvalue weighted by molar-refractivity contribution is -0.135. The van der Waals surface area contributed by atoms with Gasteiger partial charge in [-0.1, -0.05) is 23.7 Å². The number of rotatable bonds is 4. The predicted molar refractivity (Wildman–Crippen MR) is 116 cm³/mol. The van der Waals surface area contributed by atoms with Gasteiger partial charge >= 0.3 is 0 Å². The van der Waals surface area contributed by atoms with Crippen LogP contribution in [0.15, 0.2) is 47.6 Å². The molecule has 8 heteroatoms. The first-order valence-electron chi connectivity index (χ1n) is 10.3. The Morgan fingerprint density at radius 3 is 2.73 bits per heavy atom. The van der Waals surface area contributed by atoms with Crippen LogP contribution in [0.4, 0.5) is 0 Å². The summed E-state index contributed by atoms with van der Waals surface area (Å²) in [5, 5.41) is 0.430. The third-order valence-corrected chi connectivity index (χ3v) is 8.64. The Bertz CT molecular complexity index is 1030. The Morgan fingerprint density at radius 1 is 1.13 bits per heavy atom. The molecule has 2 atom stereocenters. The van der Waals surface area contributed by atoms with Gasteiger partial charge in [0.25, 0.3) is 0 Å². The molecule has 2 saturated heterocycles. The van der Waals surface area contributed by atoms with Gasteiger partial charge in [0.1, 0.15) is 0 Å². The molecular weight excluding hydrogens is 422 g/mol. The summed E-state index contributed by atoms with van der Waals surface area (Å²) in [4.78, 5) is 19.5. The fourth-order valence-electron chi connectivity index (χ4n) is 4.48. The molecule has 1 aromatic carbocycles. The van der Waals surface area contributed by atoms with Crippen molar-refractivity contribution in [2.24, 2.45) is 5.92 Å². The maximum Gasteiger partial charge on any atom is 0.243 e. The van der Waals surface area contributed by atoms with E-state index in [-0.39, 0.29) is 23.3 Å². The molecule has 0 aliphatic carbocycles. The number of sulfonamides is 1. The molecule has 0 bridgehead atoms. The van der Waals surface area contributed by atoms with Gasteiger partial charge in [-0.05, 0) is 55.5 Å². The van der Waals surface area contributed by atoms with Crippen LogP contribution < -0.4 is 0 Å². The second-order valence-electron chi connectivity index (χ2n) is 8.12. The number of likely N-dealkylation sites (tertiary alicyclic amines) is 1. The van der Waals surface area contributed by atoms with Crippen LogP contribution in [0.1, 0.15) is 36.3 Å². The topological polar surface area (TPSA) is 70.6 Å². The second-order valence-corrected chi connectivity index (χ2v) is 10.4. The largest absolute Gasteiger partial charge is 0.342 e. The standard InChI is InChI=1S/C22H26ClN3O3S/c1-16-20(23)7-2-8-21(16)30(28,29)26-11-4-6-19(15-26)22(27)25-12-9-18(14-25)17-5-3-10-24-13-17/h2-3,5,7-8,10,13,18-19H,4,6,9,11-12,14-15H2,1H3/t18-,19+/m1/s1. The SMILES string of the molecule is Cc1c(Cl)cccc1S(=O)(=O)N1CCC[C@H](C(=O)N2CC[C@@H](c3cccnc3)C2)C1. The molecule has 0 spiro atoms. The Labute approximate surface area is 182 Å². The average molecular weight is 448 g/mol. The van der Waals surface area contributed by atoms with E-state index in [9.17, 15) is 13.2 Å². The van der Waals surface area contributed by atoms with E-state index in [0.29, 0.717) is 49.0 Å². The van der Waals surface area contributed by atoms with Crippen molar-refractivity contribution in [3.05, 3.63) is 58.9 Å². The number of pyridine rings is 1. The summed E-state index contributed by atoms with van der Waals surface area (Å²) in [6, 6.07) is 8.89. The molecule has 6 nitrogen and oxygen atoms in total. The first-order chi connectivity index (χ1) is 14.4. The first kappa shape index (κ1) is 21.3. The molecule has 0 saturated carbocycles. The number of halogens is 1. The smallest absolute Gasteiger partial charge is 0.243 e. The molecule has 30 heavy (non-hydrogen) atoms. The van der Waals surface area contributed by atoms with Crippen LogP contribution in [0, 0.1) is 12.8 Å². The summed E-state index contributed by atoms with van der Waals surface area (Å²) in [5.74, 6) is 0.0463. The van der Waals surface area contributed by atoms with Crippen LogP contribution >= 0.6 is 11.6 Å². The van der Waals surface area contributed by atoms with E-state index in [1.807, 2.05) is 23.2 Å². The van der Waals surface area contributed by atoms with Gasteiger partial charge in [-0.2, -0.15) is 4.31 Å². The molecule has 2 aliphatic rings. The monoisotopic (exact) mass is 447 g/mol. The van der Waals surface area contributed by atoms with E-state index in [1.165, 1.54) is 4.31 Å². The molecule has 4 rings (SSSR count). The molecule has 2 fully saturated rings. The lowest BCUT2D eigenvalue weighted by atomic mass is 9.98. The molecule has 2 aromatic rings. The highest BCUT2D eigenvalue weighted by Crippen LogP contribution is 2.32. The van der Waals surface area contributed by atoms with Crippen molar-refractivity contribution in [3.8, 4) is 0 Å². The maximum absolute atomic E-state index is 13.2. The molecule has 0 N–H and O–H groups in total. The fourth-order valence-corrected chi connectivity index (χ4v) is 6.48. The lowest BCUT2D eigenvalue weighted by Crippen LogP contribution is -2.46. The highest BCUT2D eigenvalue weighted by Gasteiger charge is 2.37. The third-order valence-electron chi connectivity index (χ3n) is 6.22. The summed E-state index contributed by atoms with van der Waals surface area (Å²) >= 11 is 6.14. The highest BCUT2D eigenvalue weighted by atomic mass is 35.5. The average Bonchev–Trinajstić information content (AvgIpc) is 3.26. The molecule has 3 heterocycles. The van der Waals surface area contributed by atoms with E-state index >= 15 is 0 Å². The molecule has 0 unspecified atom stereocenters. The highest BCUT2D eigenvalue weighted by molar-refractivity contribution is 7.89. The van der Waals surface area contributed by atoms with E-state index in [1.54, 1.807) is 31.3 Å². The number of hydrogen-bond acceptors (Lipinski definition) is 4. The van der Waals surface area contributed by atoms with Crippen LogP contribution in [0.5, 0.6) is 0 Å². The van der Waals surface area contributed by atoms with Crippen molar-refractivity contribution in [3.63, 3.8) is 0 Å². The van der Waals surface area contributed by atoms with Crippen molar-refractivity contribution in [1.82, 2.24) is 14.2 Å². The number of aromatic nitrogens is 1. The van der Waals surface area contributed by atoms with Crippen LogP contribution in [0.3, 0.4) is 0 Å². The van der Waals surface area contributed by atoms with Crippen molar-refractivity contribution in [1.29, 1.82) is 0 Å². The van der Waals surface area contributed by atoms with E-state index < -0.39 is 10.0 Å². The molecule has 1 amide bonds. The van der Waals surface area contributed by atoms with Crippen molar-refractivity contribution >= 4 is 27.5 Å². The van der Waals surface area contributed by atoms with Crippen molar-refractivity contribution < 1.29 is 13.2 Å². The number of piperidine rings is 1. The van der Waals surface area contributed by atoms with E-state index in [2.05, 4.69) is 4.98 Å². The number of carbonyl (C=O) groups is 1. The predicted octanol–water partition coefficient (Wildman–Crippen LogP) is 3.46. The molecule has 2 aliphatic heterocycles. The summed E-state index contributed by atoms with van der Waals surface area (Å²) in [5.41, 5.74) is 1.70. The number of hydrogen-bond donors (Lipinski definition) is 0. The first-order valence-corrected chi connectivity index (χ1v) is 12.1. The van der Waals surface area contributed by atoms with Gasteiger partial charge in [0.2, 0.25) is 15.9 Å². The Hall–Kier alpha value is -1.96. The van der Waals surface area contributed by atoms with Crippen molar-refractivity contribution in [2.75, 3.05) is 26.2 Å². The van der Waals surface area contributed by atoms with Gasteiger partial charge in [0, 0.05) is 49.5 Å². The third kappa shape index (κ3) is 4.11. The summed E-state index contributed by atoms with van der Waals surface area (Å²) in [6.45, 7) is 3.73. The van der Waals surface area contributed by atoms with Gasteiger partial charge in [-0.25, -0.2) is 8.42 Å². The van der Waals surface area contributed by atoms with Crippen LogP contribution in [-0.4, -0.2) is 54.7 Å². The zero-order chi connectivity index (χ0) is 21.3. The Morgan fingerprint density at radius 2 is 1.97 bits per heavy atom. The van der Waals surface area contributed by atoms with E-state index in [4.69, 9.17) is 11.6 Å². The van der Waals surface area contributed by atoms with Crippen LogP contribution in [0.2, 0.25) is 5.02 Å². The van der Waals surface area contributed by atoms with Gasteiger partial charge in [-0.3, -0.25) is 9.78 Å². The number of nitrogens with zero attached hydrogens (tertiary/aromatic N) is 3. The normalized spacial score (nSPS) is 22.9. The van der Waals surface area contributed by atoms with Gasteiger partial charge in [-0.15, -0.1) is 0 Å². The zero-order valence-corrected chi connectivity index (χ0v) is 18.6. The fraction of sp³-hybridized carbons (Fsp3) is 0.455. The molecule has 160 valence electrons. The number of carbonyl (C=O) groups excluding carboxylic acids is 1. The number of amides is 1. The molecular formula is C22H26ClN3O3S. The maximum atomic E-state index is 13.2. The van der Waals surface area contributed by atoms with Gasteiger partial charge in [0.05, 0.1) is 10.8 Å². The summed E-state index contributed by atoms with van der Waals surface area (Å²) in [6.07, 6.45) is 5.91. The second kappa shape index (κ2) is 8.65. The quantitative estimate of drug-likeness (QED) is 0.719. The van der Waals surface area contributed by atoms with Crippen LogP contribution in [-0.2, 0) is 14.8 Å². The summed E-state index contributed by atoms with van der Waals surface area (Å²) in [7, 11) is -3.69. The Balaban J connectivity index is 1.46. The van der Waals surface area contributed by atoms with E-state index in [0.717, 1.165) is 12.0 Å². The molecule has 0 radical (unpaired) electrons. The minimum Gasteiger partial charge on any atom is -0.342 e. The zero-order valence-electron chi connectivity index (χ0n) is 17.0. The minimum absolute atomic E-state index is 0.0594. The van der Waals surface area contributed by atoms with Crippen LogP contribution in [0.25, 0.3) is 0 Å². The lowest BCUT2D eigenvalue weighted by Gasteiger charge is -2.33. The summed E-state index contributed by atoms with van der Waals surface area (Å²) < 4.78 is 27.9. The van der Waals surface area contributed by atoms with Crippen molar-refractivity contribution in [2.45, 2.75) is 37.0 Å². The van der Waals surface area contributed by atoms with Gasteiger partial charge < -0.3 is 4.90 Å². The Kier molecular flexibility index (Phi) is 6.14.